The lowest BCUT2D eigenvalue weighted by Crippen LogP contribution is -2.41. The number of halogens is 1. The number of hydrogen-bond acceptors (Lipinski definition) is 3. The normalized spacial score (nSPS) is 17.7. The second-order valence-electron chi connectivity index (χ2n) is 6.47. The third-order valence-corrected chi connectivity index (χ3v) is 4.36. The first kappa shape index (κ1) is 17.9. The molecule has 1 atom stereocenters. The quantitative estimate of drug-likeness (QED) is 0.874. The number of likely N-dealkylation sites (N-methyl/N-ethyl adjacent to an activating group) is 1. The number of benzene rings is 1. The highest BCUT2D eigenvalue weighted by Gasteiger charge is 2.23. The van der Waals surface area contributed by atoms with E-state index in [0.29, 0.717) is 12.1 Å². The summed E-state index contributed by atoms with van der Waals surface area (Å²) in [6.45, 7) is 3.77. The van der Waals surface area contributed by atoms with E-state index in [0.717, 1.165) is 19.6 Å². The lowest BCUT2D eigenvalue weighted by atomic mass is 10.1. The van der Waals surface area contributed by atoms with Gasteiger partial charge in [0.25, 0.3) is 0 Å². The average Bonchev–Trinajstić information content (AvgIpc) is 2.76. The van der Waals surface area contributed by atoms with E-state index in [2.05, 4.69) is 10.2 Å². The molecule has 1 aliphatic heterocycles. The van der Waals surface area contributed by atoms with E-state index < -0.39 is 6.04 Å². The van der Waals surface area contributed by atoms with Crippen LogP contribution in [0.15, 0.2) is 24.3 Å². The van der Waals surface area contributed by atoms with Crippen molar-refractivity contribution >= 4 is 5.91 Å². The van der Waals surface area contributed by atoms with Crippen molar-refractivity contribution < 1.29 is 9.18 Å². The number of carbonyl (C=O) groups excluding carboxylic acids is 1. The van der Waals surface area contributed by atoms with Gasteiger partial charge in [-0.2, -0.15) is 0 Å². The smallest absolute Gasteiger partial charge is 0.241 e. The van der Waals surface area contributed by atoms with Crippen LogP contribution >= 0.6 is 0 Å². The summed E-state index contributed by atoms with van der Waals surface area (Å²) in [7, 11) is 3.67. The molecule has 1 heterocycles. The molecule has 4 nitrogen and oxygen atoms in total. The number of nitrogens with zero attached hydrogens (tertiary/aromatic N) is 2. The Bertz CT molecular complexity index is 499. The van der Waals surface area contributed by atoms with Crippen molar-refractivity contribution in [3.8, 4) is 0 Å². The minimum absolute atomic E-state index is 0.0737. The zero-order valence-electron chi connectivity index (χ0n) is 14.2. The summed E-state index contributed by atoms with van der Waals surface area (Å²) in [6.07, 6.45) is 5.12. The fourth-order valence-corrected chi connectivity index (χ4v) is 3.15. The van der Waals surface area contributed by atoms with Gasteiger partial charge in [0.15, 0.2) is 0 Å². The van der Waals surface area contributed by atoms with Crippen LogP contribution in [0.4, 0.5) is 4.39 Å². The van der Waals surface area contributed by atoms with Gasteiger partial charge in [-0.25, -0.2) is 4.39 Å². The van der Waals surface area contributed by atoms with Crippen LogP contribution in [0, 0.1) is 5.82 Å². The summed E-state index contributed by atoms with van der Waals surface area (Å²) in [5.41, 5.74) is 0.683. The van der Waals surface area contributed by atoms with Crippen molar-refractivity contribution in [2.24, 2.45) is 0 Å². The average molecular weight is 321 g/mol. The van der Waals surface area contributed by atoms with Crippen LogP contribution in [0.5, 0.6) is 0 Å². The van der Waals surface area contributed by atoms with Crippen LogP contribution in [0.3, 0.4) is 0 Å². The first-order chi connectivity index (χ1) is 11.1. The molecule has 0 aliphatic carbocycles. The minimum atomic E-state index is -0.463. The molecule has 0 spiro atoms. The van der Waals surface area contributed by atoms with E-state index in [-0.39, 0.29) is 11.7 Å². The lowest BCUT2D eigenvalue weighted by molar-refractivity contribution is -0.125. The molecule has 1 amide bonds. The Hall–Kier alpha value is -1.46. The van der Waals surface area contributed by atoms with Crippen molar-refractivity contribution in [1.29, 1.82) is 0 Å². The Morgan fingerprint density at radius 1 is 1.26 bits per heavy atom. The molecule has 1 aromatic rings. The van der Waals surface area contributed by atoms with Crippen LogP contribution in [0.2, 0.25) is 0 Å². The highest BCUT2D eigenvalue weighted by atomic mass is 19.1. The Labute approximate surface area is 138 Å². The number of likely N-dealkylation sites (tertiary alicyclic amines) is 1. The standard InChI is InChI=1S/C18H28FN3O/c1-21(2)17(15-8-7-9-16(19)14-15)18(23)20-10-13-22-11-5-3-4-6-12-22/h7-9,14,17H,3-6,10-13H2,1-2H3,(H,20,23)/t17-/m1/s1. The fourth-order valence-electron chi connectivity index (χ4n) is 3.15. The van der Waals surface area contributed by atoms with E-state index in [4.69, 9.17) is 0 Å². The molecule has 5 heteroatoms. The van der Waals surface area contributed by atoms with E-state index in [1.807, 2.05) is 19.0 Å². The molecular formula is C18H28FN3O. The molecule has 0 bridgehead atoms. The maximum atomic E-state index is 13.4. The zero-order valence-corrected chi connectivity index (χ0v) is 14.2. The molecule has 1 aliphatic rings. The zero-order chi connectivity index (χ0) is 16.7. The number of carbonyl (C=O) groups is 1. The highest BCUT2D eigenvalue weighted by Crippen LogP contribution is 2.19. The van der Waals surface area contributed by atoms with Gasteiger partial charge >= 0.3 is 0 Å². The van der Waals surface area contributed by atoms with Gasteiger partial charge in [0.05, 0.1) is 0 Å². The molecule has 2 rings (SSSR count). The van der Waals surface area contributed by atoms with Crippen molar-refractivity contribution in [1.82, 2.24) is 15.1 Å². The Morgan fingerprint density at radius 3 is 2.57 bits per heavy atom. The minimum Gasteiger partial charge on any atom is -0.353 e. The summed E-state index contributed by atoms with van der Waals surface area (Å²) in [6, 6.07) is 5.80. The van der Waals surface area contributed by atoms with E-state index in [1.165, 1.54) is 37.8 Å². The van der Waals surface area contributed by atoms with Crippen molar-refractivity contribution in [2.75, 3.05) is 40.3 Å². The Balaban J connectivity index is 1.88. The first-order valence-corrected chi connectivity index (χ1v) is 8.50. The van der Waals surface area contributed by atoms with Crippen molar-refractivity contribution in [3.05, 3.63) is 35.6 Å². The maximum Gasteiger partial charge on any atom is 0.241 e. The summed E-state index contributed by atoms with van der Waals surface area (Å²) in [4.78, 5) is 16.7. The summed E-state index contributed by atoms with van der Waals surface area (Å²) >= 11 is 0. The molecule has 1 aromatic carbocycles. The summed E-state index contributed by atoms with van der Waals surface area (Å²) in [5, 5.41) is 3.01. The van der Waals surface area contributed by atoms with Gasteiger partial charge in [0, 0.05) is 13.1 Å². The van der Waals surface area contributed by atoms with E-state index in [1.54, 1.807) is 12.1 Å². The van der Waals surface area contributed by atoms with Crippen molar-refractivity contribution in [3.63, 3.8) is 0 Å². The highest BCUT2D eigenvalue weighted by molar-refractivity contribution is 5.83. The van der Waals surface area contributed by atoms with Gasteiger partial charge in [-0.3, -0.25) is 9.69 Å². The molecule has 1 N–H and O–H groups in total. The topological polar surface area (TPSA) is 35.6 Å². The summed E-state index contributed by atoms with van der Waals surface area (Å²) in [5.74, 6) is -0.387. The fraction of sp³-hybridized carbons (Fsp3) is 0.611. The van der Waals surface area contributed by atoms with Gasteiger partial charge in [0.1, 0.15) is 11.9 Å². The molecule has 23 heavy (non-hydrogen) atoms. The Morgan fingerprint density at radius 2 is 1.96 bits per heavy atom. The second kappa shape index (κ2) is 8.99. The van der Waals surface area contributed by atoms with Gasteiger partial charge in [-0.1, -0.05) is 25.0 Å². The molecule has 0 radical (unpaired) electrons. The number of rotatable bonds is 6. The van der Waals surface area contributed by atoms with Gasteiger partial charge in [0.2, 0.25) is 5.91 Å². The largest absolute Gasteiger partial charge is 0.353 e. The predicted molar refractivity (Wildman–Crippen MR) is 90.7 cm³/mol. The number of amides is 1. The lowest BCUT2D eigenvalue weighted by Gasteiger charge is -2.25. The third-order valence-electron chi connectivity index (χ3n) is 4.36. The molecule has 1 saturated heterocycles. The third kappa shape index (κ3) is 5.59. The SMILES string of the molecule is CN(C)[C@@H](C(=O)NCCN1CCCCCC1)c1cccc(F)c1. The van der Waals surface area contributed by atoms with Crippen LogP contribution in [0.25, 0.3) is 0 Å². The van der Waals surface area contributed by atoms with Crippen LogP contribution < -0.4 is 5.32 Å². The second-order valence-corrected chi connectivity index (χ2v) is 6.47. The molecule has 128 valence electrons. The predicted octanol–water partition coefficient (Wildman–Crippen LogP) is 2.42. The van der Waals surface area contributed by atoms with E-state index >= 15 is 0 Å². The molecule has 0 unspecified atom stereocenters. The molecule has 1 fully saturated rings. The summed E-state index contributed by atoms with van der Waals surface area (Å²) < 4.78 is 13.4. The van der Waals surface area contributed by atoms with Crippen molar-refractivity contribution in [2.45, 2.75) is 31.7 Å². The molecule has 0 saturated carbocycles. The number of hydrogen-bond donors (Lipinski definition) is 1. The van der Waals surface area contributed by atoms with E-state index in [9.17, 15) is 9.18 Å². The Kier molecular flexibility index (Phi) is 6.99. The van der Waals surface area contributed by atoms with Crippen LogP contribution in [-0.4, -0.2) is 56.0 Å². The van der Waals surface area contributed by atoms with Gasteiger partial charge in [-0.05, 0) is 57.7 Å². The first-order valence-electron chi connectivity index (χ1n) is 8.50. The monoisotopic (exact) mass is 321 g/mol. The van der Waals surface area contributed by atoms with Crippen LogP contribution in [-0.2, 0) is 4.79 Å². The maximum absolute atomic E-state index is 13.4. The molecule has 0 aromatic heterocycles. The number of nitrogens with one attached hydrogen (secondary N) is 1. The van der Waals surface area contributed by atoms with Gasteiger partial charge in [-0.15, -0.1) is 0 Å². The van der Waals surface area contributed by atoms with Gasteiger partial charge < -0.3 is 10.2 Å². The molecular weight excluding hydrogens is 293 g/mol. The van der Waals surface area contributed by atoms with Crippen LogP contribution in [0.1, 0.15) is 37.3 Å².